The number of benzene rings is 1. The van der Waals surface area contributed by atoms with E-state index in [-0.39, 0.29) is 6.10 Å². The molecular formula is C18H27NO2. The van der Waals surface area contributed by atoms with Crippen LogP contribution in [0.2, 0.25) is 0 Å². The van der Waals surface area contributed by atoms with Crippen LogP contribution in [-0.4, -0.2) is 42.4 Å². The lowest BCUT2D eigenvalue weighted by Crippen LogP contribution is -2.26. The summed E-state index contributed by atoms with van der Waals surface area (Å²) in [5, 5.41) is 9.94. The van der Waals surface area contributed by atoms with Crippen molar-refractivity contribution in [1.29, 1.82) is 0 Å². The first-order valence-corrected chi connectivity index (χ1v) is 8.24. The molecule has 3 heteroatoms. The zero-order valence-electron chi connectivity index (χ0n) is 13.2. The second kappa shape index (κ2) is 6.37. The summed E-state index contributed by atoms with van der Waals surface area (Å²) in [5.74, 6) is 2.29. The minimum atomic E-state index is -0.0498. The highest BCUT2D eigenvalue weighted by Gasteiger charge is 2.41. The molecule has 1 aromatic rings. The summed E-state index contributed by atoms with van der Waals surface area (Å²) in [6.07, 6.45) is 3.23. The van der Waals surface area contributed by atoms with Crippen LogP contribution in [-0.2, 0) is 0 Å². The molecule has 0 amide bonds. The van der Waals surface area contributed by atoms with E-state index in [0.29, 0.717) is 5.92 Å². The highest BCUT2D eigenvalue weighted by atomic mass is 16.5. The summed E-state index contributed by atoms with van der Waals surface area (Å²) in [5.41, 5.74) is 2.45. The van der Waals surface area contributed by atoms with Gasteiger partial charge in [-0.05, 0) is 56.2 Å². The summed E-state index contributed by atoms with van der Waals surface area (Å²) in [7, 11) is 0. The summed E-state index contributed by atoms with van der Waals surface area (Å²) >= 11 is 0. The molecule has 2 aliphatic rings. The normalized spacial score (nSPS) is 28.8. The Balaban J connectivity index is 1.40. The largest absolute Gasteiger partial charge is 0.493 e. The second-order valence-electron chi connectivity index (χ2n) is 6.80. The summed E-state index contributed by atoms with van der Waals surface area (Å²) < 4.78 is 5.92. The van der Waals surface area contributed by atoms with Crippen molar-refractivity contribution < 1.29 is 9.84 Å². The number of aliphatic hydroxyl groups is 1. The van der Waals surface area contributed by atoms with E-state index in [9.17, 15) is 5.11 Å². The fourth-order valence-electron chi connectivity index (χ4n) is 3.84. The topological polar surface area (TPSA) is 32.7 Å². The first-order valence-electron chi connectivity index (χ1n) is 8.24. The Morgan fingerprint density at radius 1 is 1.24 bits per heavy atom. The first kappa shape index (κ1) is 14.9. The van der Waals surface area contributed by atoms with Crippen LogP contribution in [0.15, 0.2) is 18.2 Å². The molecule has 1 saturated carbocycles. The molecule has 3 rings (SSSR count). The third-order valence-corrected chi connectivity index (χ3v) is 5.11. The van der Waals surface area contributed by atoms with Gasteiger partial charge in [-0.3, -0.25) is 0 Å². The first-order chi connectivity index (χ1) is 10.1. The molecule has 1 heterocycles. The van der Waals surface area contributed by atoms with Gasteiger partial charge in [-0.1, -0.05) is 12.1 Å². The molecule has 116 valence electrons. The number of rotatable bonds is 5. The lowest BCUT2D eigenvalue weighted by molar-refractivity contribution is 0.123. The third-order valence-electron chi connectivity index (χ3n) is 5.11. The van der Waals surface area contributed by atoms with Gasteiger partial charge in [0.05, 0.1) is 12.7 Å². The molecule has 0 bridgehead atoms. The van der Waals surface area contributed by atoms with E-state index >= 15 is 0 Å². The predicted octanol–water partition coefficient (Wildman–Crippen LogP) is 2.78. The number of likely N-dealkylation sites (tertiary alicyclic amines) is 1. The fourth-order valence-corrected chi connectivity index (χ4v) is 3.84. The van der Waals surface area contributed by atoms with Crippen LogP contribution in [0.5, 0.6) is 5.75 Å². The Morgan fingerprint density at radius 3 is 2.90 bits per heavy atom. The quantitative estimate of drug-likeness (QED) is 0.846. The Hall–Kier alpha value is -1.06. The molecule has 21 heavy (non-hydrogen) atoms. The molecule has 0 aromatic heterocycles. The summed E-state index contributed by atoms with van der Waals surface area (Å²) in [6, 6.07) is 6.36. The fraction of sp³-hybridized carbons (Fsp3) is 0.667. The van der Waals surface area contributed by atoms with Gasteiger partial charge in [-0.25, -0.2) is 0 Å². The lowest BCUT2D eigenvalue weighted by Gasteiger charge is -2.18. The maximum Gasteiger partial charge on any atom is 0.122 e. The Morgan fingerprint density at radius 2 is 2.10 bits per heavy atom. The zero-order chi connectivity index (χ0) is 14.8. The number of hydrogen-bond donors (Lipinski definition) is 1. The van der Waals surface area contributed by atoms with Crippen molar-refractivity contribution in [2.45, 2.75) is 39.2 Å². The highest BCUT2D eigenvalue weighted by molar-refractivity contribution is 5.35. The Bertz CT molecular complexity index is 488. The third kappa shape index (κ3) is 3.41. The van der Waals surface area contributed by atoms with Crippen LogP contribution < -0.4 is 4.74 Å². The van der Waals surface area contributed by atoms with E-state index in [1.54, 1.807) is 0 Å². The molecule has 3 nitrogen and oxygen atoms in total. The smallest absolute Gasteiger partial charge is 0.122 e. The molecule has 3 atom stereocenters. The van der Waals surface area contributed by atoms with Crippen LogP contribution in [0.1, 0.15) is 30.4 Å². The van der Waals surface area contributed by atoms with Gasteiger partial charge in [0.2, 0.25) is 0 Å². The molecule has 1 aliphatic carbocycles. The molecule has 1 aromatic carbocycles. The number of hydrogen-bond acceptors (Lipinski definition) is 3. The van der Waals surface area contributed by atoms with Crippen LogP contribution in [0.4, 0.5) is 0 Å². The van der Waals surface area contributed by atoms with Crippen molar-refractivity contribution in [1.82, 2.24) is 4.90 Å². The maximum absolute atomic E-state index is 9.94. The van der Waals surface area contributed by atoms with Gasteiger partial charge in [-0.2, -0.15) is 0 Å². The van der Waals surface area contributed by atoms with Crippen LogP contribution >= 0.6 is 0 Å². The van der Waals surface area contributed by atoms with Crippen molar-refractivity contribution in [3.63, 3.8) is 0 Å². The molecule has 1 N–H and O–H groups in total. The Kier molecular flexibility index (Phi) is 4.51. The monoisotopic (exact) mass is 289 g/mol. The van der Waals surface area contributed by atoms with Gasteiger partial charge < -0.3 is 14.7 Å². The lowest BCUT2D eigenvalue weighted by atomic mass is 10.00. The Labute approximate surface area is 127 Å². The number of fused-ring (bicyclic) bond motifs is 1. The van der Waals surface area contributed by atoms with Gasteiger partial charge in [-0.15, -0.1) is 0 Å². The summed E-state index contributed by atoms with van der Waals surface area (Å²) in [4.78, 5) is 2.50. The van der Waals surface area contributed by atoms with E-state index in [0.717, 1.165) is 44.2 Å². The van der Waals surface area contributed by atoms with Crippen LogP contribution in [0, 0.1) is 25.7 Å². The average molecular weight is 289 g/mol. The molecule has 1 saturated heterocycles. The van der Waals surface area contributed by atoms with E-state index < -0.39 is 0 Å². The van der Waals surface area contributed by atoms with Crippen molar-refractivity contribution in [2.75, 3.05) is 26.2 Å². The predicted molar refractivity (Wildman–Crippen MR) is 84.7 cm³/mol. The number of aliphatic hydroxyl groups excluding tert-OH is 1. The molecule has 2 fully saturated rings. The molecule has 0 radical (unpaired) electrons. The van der Waals surface area contributed by atoms with Gasteiger partial charge >= 0.3 is 0 Å². The van der Waals surface area contributed by atoms with E-state index in [1.807, 2.05) is 0 Å². The highest BCUT2D eigenvalue weighted by Crippen LogP contribution is 2.37. The minimum absolute atomic E-state index is 0.0498. The van der Waals surface area contributed by atoms with Crippen molar-refractivity contribution in [3.8, 4) is 5.75 Å². The van der Waals surface area contributed by atoms with Gasteiger partial charge in [0.15, 0.2) is 0 Å². The van der Waals surface area contributed by atoms with Crippen molar-refractivity contribution >= 4 is 0 Å². The van der Waals surface area contributed by atoms with E-state index in [4.69, 9.17) is 4.74 Å². The minimum Gasteiger partial charge on any atom is -0.493 e. The number of nitrogens with zero attached hydrogens (tertiary/aromatic N) is 1. The van der Waals surface area contributed by atoms with Crippen molar-refractivity contribution in [3.05, 3.63) is 29.3 Å². The molecular weight excluding hydrogens is 262 g/mol. The molecule has 3 unspecified atom stereocenters. The van der Waals surface area contributed by atoms with Crippen LogP contribution in [0.25, 0.3) is 0 Å². The standard InChI is InChI=1S/C18H27NO2/c1-13-4-5-14(2)18(10-13)21-9-3-8-19-11-15-6-7-17(20)16(15)12-19/h4-5,10,15-17,20H,3,6-9,11-12H2,1-2H3. The molecule has 0 spiro atoms. The number of ether oxygens (including phenoxy) is 1. The second-order valence-corrected chi connectivity index (χ2v) is 6.80. The van der Waals surface area contributed by atoms with Gasteiger partial charge in [0, 0.05) is 25.6 Å². The SMILES string of the molecule is Cc1ccc(C)c(OCCCN2CC3CCC(O)C3C2)c1. The molecule has 1 aliphatic heterocycles. The summed E-state index contributed by atoms with van der Waals surface area (Å²) in [6.45, 7) is 8.31. The zero-order valence-corrected chi connectivity index (χ0v) is 13.2. The average Bonchev–Trinajstić information content (AvgIpc) is 3.01. The van der Waals surface area contributed by atoms with Gasteiger partial charge in [0.1, 0.15) is 5.75 Å². The van der Waals surface area contributed by atoms with Crippen LogP contribution in [0.3, 0.4) is 0 Å². The van der Waals surface area contributed by atoms with E-state index in [2.05, 4.69) is 36.9 Å². The van der Waals surface area contributed by atoms with Crippen molar-refractivity contribution in [2.24, 2.45) is 11.8 Å². The maximum atomic E-state index is 9.94. The van der Waals surface area contributed by atoms with Gasteiger partial charge in [0.25, 0.3) is 0 Å². The van der Waals surface area contributed by atoms with E-state index in [1.165, 1.54) is 24.1 Å². The number of aryl methyl sites for hydroxylation is 2.